The molecule has 106 valence electrons. The first-order chi connectivity index (χ1) is 9.56. The summed E-state index contributed by atoms with van der Waals surface area (Å²) in [5.41, 5.74) is 2.67. The van der Waals surface area contributed by atoms with Gasteiger partial charge in [-0.3, -0.25) is 0 Å². The number of para-hydroxylation sites is 1. The first-order valence-electron chi connectivity index (χ1n) is 6.86. The first-order valence-corrected chi connectivity index (χ1v) is 6.86. The summed E-state index contributed by atoms with van der Waals surface area (Å²) in [4.78, 5) is 0. The second-order valence-corrected chi connectivity index (χ2v) is 5.18. The van der Waals surface area contributed by atoms with Crippen molar-refractivity contribution in [1.82, 2.24) is 0 Å². The third-order valence-corrected chi connectivity index (χ3v) is 3.42. The Morgan fingerprint density at radius 3 is 2.50 bits per heavy atom. The van der Waals surface area contributed by atoms with Crippen molar-refractivity contribution in [3.63, 3.8) is 0 Å². The van der Waals surface area contributed by atoms with Gasteiger partial charge in [-0.05, 0) is 56.0 Å². The van der Waals surface area contributed by atoms with E-state index in [1.807, 2.05) is 32.0 Å². The number of hydrogen-bond acceptors (Lipinski definition) is 2. The minimum Gasteiger partial charge on any atom is -0.508 e. The minimum atomic E-state index is -0.207. The lowest BCUT2D eigenvalue weighted by Crippen LogP contribution is -2.17. The second kappa shape index (κ2) is 6.42. The number of rotatable bonds is 5. The van der Waals surface area contributed by atoms with E-state index >= 15 is 0 Å². The van der Waals surface area contributed by atoms with Crippen LogP contribution in [0.3, 0.4) is 0 Å². The summed E-state index contributed by atoms with van der Waals surface area (Å²) in [6.07, 6.45) is 1.79. The van der Waals surface area contributed by atoms with E-state index in [4.69, 9.17) is 0 Å². The van der Waals surface area contributed by atoms with Crippen molar-refractivity contribution in [2.24, 2.45) is 0 Å². The fourth-order valence-electron chi connectivity index (χ4n) is 2.18. The van der Waals surface area contributed by atoms with E-state index < -0.39 is 0 Å². The maximum Gasteiger partial charge on any atom is 0.146 e. The third-order valence-electron chi connectivity index (χ3n) is 3.42. The molecular weight excluding hydrogens is 253 g/mol. The Labute approximate surface area is 119 Å². The lowest BCUT2D eigenvalue weighted by Gasteiger charge is -2.17. The molecule has 2 N–H and O–H groups in total. The number of halogens is 1. The maximum atomic E-state index is 13.7. The molecule has 0 spiro atoms. The van der Waals surface area contributed by atoms with E-state index in [1.165, 1.54) is 11.6 Å². The molecule has 0 heterocycles. The molecule has 2 aromatic rings. The largest absolute Gasteiger partial charge is 0.508 e. The molecule has 3 heteroatoms. The van der Waals surface area contributed by atoms with Gasteiger partial charge in [0.1, 0.15) is 11.6 Å². The van der Waals surface area contributed by atoms with Gasteiger partial charge in [0.2, 0.25) is 0 Å². The smallest absolute Gasteiger partial charge is 0.146 e. The highest BCUT2D eigenvalue weighted by Gasteiger charge is 2.09. The van der Waals surface area contributed by atoms with E-state index in [0.29, 0.717) is 5.69 Å². The summed E-state index contributed by atoms with van der Waals surface area (Å²) in [6, 6.07) is 12.5. The molecule has 1 unspecified atom stereocenters. The summed E-state index contributed by atoms with van der Waals surface area (Å²) in [6.45, 7) is 3.95. The van der Waals surface area contributed by atoms with E-state index in [9.17, 15) is 9.50 Å². The van der Waals surface area contributed by atoms with Gasteiger partial charge in [0.05, 0.1) is 5.69 Å². The van der Waals surface area contributed by atoms with Crippen LogP contribution in [0.15, 0.2) is 42.5 Å². The van der Waals surface area contributed by atoms with Crippen LogP contribution in [-0.4, -0.2) is 11.1 Å². The average molecular weight is 273 g/mol. The molecule has 0 radical (unpaired) electrons. The summed E-state index contributed by atoms with van der Waals surface area (Å²) in [7, 11) is 0. The molecular formula is C17H20FNO. The molecule has 0 aliphatic heterocycles. The molecule has 0 aliphatic carbocycles. The van der Waals surface area contributed by atoms with Gasteiger partial charge < -0.3 is 10.4 Å². The monoisotopic (exact) mass is 273 g/mol. The average Bonchev–Trinajstić information content (AvgIpc) is 2.42. The molecule has 2 nitrogen and oxygen atoms in total. The molecule has 2 aromatic carbocycles. The number of anilines is 1. The van der Waals surface area contributed by atoms with Crippen molar-refractivity contribution in [3.05, 3.63) is 59.4 Å². The zero-order valence-corrected chi connectivity index (χ0v) is 11.9. The summed E-state index contributed by atoms with van der Waals surface area (Å²) in [5.74, 6) is 0.0726. The Kier molecular flexibility index (Phi) is 4.61. The molecule has 20 heavy (non-hydrogen) atoms. The van der Waals surface area contributed by atoms with Crippen molar-refractivity contribution in [1.29, 1.82) is 0 Å². The number of aryl methyl sites for hydroxylation is 2. The highest BCUT2D eigenvalue weighted by atomic mass is 19.1. The standard InChI is InChI=1S/C17H20FNO/c1-12-4-3-5-16(18)17(12)19-13(2)6-7-14-8-10-15(20)11-9-14/h3-5,8-11,13,19-20H,6-7H2,1-2H3. The van der Waals surface area contributed by atoms with Gasteiger partial charge in [-0.25, -0.2) is 4.39 Å². The van der Waals surface area contributed by atoms with Crippen LogP contribution in [0.25, 0.3) is 0 Å². The number of phenolic OH excluding ortho intramolecular Hbond substituents is 1. The van der Waals surface area contributed by atoms with Gasteiger partial charge in [0, 0.05) is 6.04 Å². The van der Waals surface area contributed by atoms with Crippen LogP contribution in [0.1, 0.15) is 24.5 Å². The normalized spacial score (nSPS) is 12.2. The van der Waals surface area contributed by atoms with Crippen LogP contribution < -0.4 is 5.32 Å². The molecule has 0 saturated heterocycles. The Morgan fingerprint density at radius 1 is 1.15 bits per heavy atom. The second-order valence-electron chi connectivity index (χ2n) is 5.18. The van der Waals surface area contributed by atoms with E-state index in [2.05, 4.69) is 5.32 Å². The van der Waals surface area contributed by atoms with Gasteiger partial charge in [0.15, 0.2) is 0 Å². The zero-order chi connectivity index (χ0) is 14.5. The summed E-state index contributed by atoms with van der Waals surface area (Å²) in [5, 5.41) is 12.5. The molecule has 0 aliphatic rings. The van der Waals surface area contributed by atoms with Crippen LogP contribution in [-0.2, 0) is 6.42 Å². The first kappa shape index (κ1) is 14.4. The van der Waals surface area contributed by atoms with E-state index in [-0.39, 0.29) is 17.6 Å². The fraction of sp³-hybridized carbons (Fsp3) is 0.294. The summed E-state index contributed by atoms with van der Waals surface area (Å²) < 4.78 is 13.7. The van der Waals surface area contributed by atoms with Gasteiger partial charge in [-0.2, -0.15) is 0 Å². The van der Waals surface area contributed by atoms with Crippen molar-refractivity contribution < 1.29 is 9.50 Å². The van der Waals surface area contributed by atoms with E-state index in [1.54, 1.807) is 18.2 Å². The van der Waals surface area contributed by atoms with Gasteiger partial charge in [0.25, 0.3) is 0 Å². The predicted molar refractivity (Wildman–Crippen MR) is 80.6 cm³/mol. The Morgan fingerprint density at radius 2 is 1.85 bits per heavy atom. The SMILES string of the molecule is Cc1cccc(F)c1NC(C)CCc1ccc(O)cc1. The fourth-order valence-corrected chi connectivity index (χ4v) is 2.18. The summed E-state index contributed by atoms with van der Waals surface area (Å²) >= 11 is 0. The molecule has 0 amide bonds. The van der Waals surface area contributed by atoms with E-state index in [0.717, 1.165) is 18.4 Å². The minimum absolute atomic E-state index is 0.180. The molecule has 0 fully saturated rings. The molecule has 0 aromatic heterocycles. The third kappa shape index (κ3) is 3.73. The lowest BCUT2D eigenvalue weighted by atomic mass is 10.1. The molecule has 2 rings (SSSR count). The van der Waals surface area contributed by atoms with Gasteiger partial charge in [-0.15, -0.1) is 0 Å². The highest BCUT2D eigenvalue weighted by Crippen LogP contribution is 2.21. The lowest BCUT2D eigenvalue weighted by molar-refractivity contribution is 0.475. The van der Waals surface area contributed by atoms with Crippen molar-refractivity contribution in [3.8, 4) is 5.75 Å². The Balaban J connectivity index is 1.92. The van der Waals surface area contributed by atoms with Crippen LogP contribution in [0.4, 0.5) is 10.1 Å². The van der Waals surface area contributed by atoms with Crippen LogP contribution in [0, 0.1) is 12.7 Å². The Bertz CT molecular complexity index is 545. The molecule has 0 bridgehead atoms. The number of aromatic hydroxyl groups is 1. The topological polar surface area (TPSA) is 32.3 Å². The molecule has 1 atom stereocenters. The van der Waals surface area contributed by atoms with Crippen molar-refractivity contribution in [2.45, 2.75) is 32.7 Å². The number of benzene rings is 2. The predicted octanol–water partition coefficient (Wildman–Crippen LogP) is 4.27. The number of nitrogens with one attached hydrogen (secondary N) is 1. The highest BCUT2D eigenvalue weighted by molar-refractivity contribution is 5.52. The van der Waals surface area contributed by atoms with Crippen LogP contribution in [0.5, 0.6) is 5.75 Å². The number of phenols is 1. The van der Waals surface area contributed by atoms with Crippen molar-refractivity contribution >= 4 is 5.69 Å². The quantitative estimate of drug-likeness (QED) is 0.852. The maximum absolute atomic E-state index is 13.7. The zero-order valence-electron chi connectivity index (χ0n) is 11.9. The molecule has 0 saturated carbocycles. The van der Waals surface area contributed by atoms with Crippen LogP contribution >= 0.6 is 0 Å². The Hall–Kier alpha value is -2.03. The van der Waals surface area contributed by atoms with Gasteiger partial charge in [-0.1, -0.05) is 24.3 Å². The van der Waals surface area contributed by atoms with Crippen LogP contribution in [0.2, 0.25) is 0 Å². The number of hydrogen-bond donors (Lipinski definition) is 2. The van der Waals surface area contributed by atoms with Gasteiger partial charge >= 0.3 is 0 Å². The van der Waals surface area contributed by atoms with Crippen molar-refractivity contribution in [2.75, 3.05) is 5.32 Å².